The van der Waals surface area contributed by atoms with Gasteiger partial charge < -0.3 is 15.5 Å². The molecule has 1 fully saturated rings. The summed E-state index contributed by atoms with van der Waals surface area (Å²) in [6, 6.07) is 6.91. The molecule has 0 unspecified atom stereocenters. The molecule has 23 heavy (non-hydrogen) atoms. The molecule has 1 heterocycles. The van der Waals surface area contributed by atoms with Crippen molar-refractivity contribution in [3.05, 3.63) is 29.8 Å². The zero-order chi connectivity index (χ0) is 16.5. The predicted molar refractivity (Wildman–Crippen MR) is 92.7 cm³/mol. The fraction of sp³-hybridized carbons (Fsp3) is 0.556. The number of hydrogen-bond acceptors (Lipinski definition) is 2. The van der Waals surface area contributed by atoms with Gasteiger partial charge >= 0.3 is 6.03 Å². The highest BCUT2D eigenvalue weighted by Crippen LogP contribution is 2.15. The number of unbranched alkanes of at least 4 members (excludes halogenated alkanes) is 3. The number of likely N-dealkylation sites (tertiary alicyclic amines) is 1. The standard InChI is InChI=1S/C18H27N3O2/c1-2-3-4-5-12-19-18(23)20-16-10-8-15(9-11-16)17(22)21-13-6-7-14-21/h8-11H,2-7,12-14H2,1H3,(H2,19,20,23). The summed E-state index contributed by atoms with van der Waals surface area (Å²) in [5.74, 6) is 0.0782. The third kappa shape index (κ3) is 5.58. The van der Waals surface area contributed by atoms with Crippen LogP contribution in [-0.2, 0) is 0 Å². The maximum absolute atomic E-state index is 12.2. The van der Waals surface area contributed by atoms with Gasteiger partial charge in [-0.05, 0) is 43.5 Å². The molecule has 2 rings (SSSR count). The van der Waals surface area contributed by atoms with Gasteiger partial charge in [0.15, 0.2) is 0 Å². The molecule has 0 aliphatic carbocycles. The molecule has 1 saturated heterocycles. The molecule has 5 heteroatoms. The molecule has 1 aromatic carbocycles. The molecule has 0 aromatic heterocycles. The van der Waals surface area contributed by atoms with Gasteiger partial charge in [0.1, 0.15) is 0 Å². The monoisotopic (exact) mass is 317 g/mol. The van der Waals surface area contributed by atoms with E-state index in [4.69, 9.17) is 0 Å². The fourth-order valence-electron chi connectivity index (χ4n) is 2.73. The Kier molecular flexibility index (Phi) is 6.91. The third-order valence-corrected chi connectivity index (χ3v) is 4.10. The Hall–Kier alpha value is -2.04. The van der Waals surface area contributed by atoms with E-state index < -0.39 is 0 Å². The second kappa shape index (κ2) is 9.18. The van der Waals surface area contributed by atoms with Gasteiger partial charge in [0, 0.05) is 30.9 Å². The number of anilines is 1. The minimum atomic E-state index is -0.194. The van der Waals surface area contributed by atoms with Gasteiger partial charge in [-0.15, -0.1) is 0 Å². The Labute approximate surface area is 138 Å². The van der Waals surface area contributed by atoms with Crippen LogP contribution in [-0.4, -0.2) is 36.5 Å². The van der Waals surface area contributed by atoms with Gasteiger partial charge in [0.05, 0.1) is 0 Å². The van der Waals surface area contributed by atoms with E-state index >= 15 is 0 Å². The molecule has 126 valence electrons. The first kappa shape index (κ1) is 17.3. The molecule has 2 N–H and O–H groups in total. The average molecular weight is 317 g/mol. The van der Waals surface area contributed by atoms with E-state index in [-0.39, 0.29) is 11.9 Å². The van der Waals surface area contributed by atoms with Crippen LogP contribution in [0.25, 0.3) is 0 Å². The van der Waals surface area contributed by atoms with Crippen LogP contribution in [0.2, 0.25) is 0 Å². The highest BCUT2D eigenvalue weighted by atomic mass is 16.2. The molecule has 0 bridgehead atoms. The van der Waals surface area contributed by atoms with Crippen LogP contribution in [0.15, 0.2) is 24.3 Å². The first-order valence-electron chi connectivity index (χ1n) is 8.65. The zero-order valence-corrected chi connectivity index (χ0v) is 13.9. The Morgan fingerprint density at radius 1 is 1.04 bits per heavy atom. The number of amides is 3. The minimum absolute atomic E-state index is 0.0782. The second-order valence-corrected chi connectivity index (χ2v) is 6.02. The van der Waals surface area contributed by atoms with Gasteiger partial charge in [0.25, 0.3) is 5.91 Å². The number of nitrogens with one attached hydrogen (secondary N) is 2. The topological polar surface area (TPSA) is 61.4 Å². The molecule has 0 spiro atoms. The summed E-state index contributed by atoms with van der Waals surface area (Å²) in [7, 11) is 0. The lowest BCUT2D eigenvalue weighted by atomic mass is 10.2. The zero-order valence-electron chi connectivity index (χ0n) is 13.9. The largest absolute Gasteiger partial charge is 0.339 e. The molecule has 0 radical (unpaired) electrons. The van der Waals surface area contributed by atoms with E-state index in [1.807, 2.05) is 4.90 Å². The maximum atomic E-state index is 12.2. The van der Waals surface area contributed by atoms with Gasteiger partial charge in [-0.2, -0.15) is 0 Å². The van der Waals surface area contributed by atoms with Crippen LogP contribution in [0.4, 0.5) is 10.5 Å². The molecule has 1 aliphatic heterocycles. The van der Waals surface area contributed by atoms with Crippen LogP contribution in [0.3, 0.4) is 0 Å². The van der Waals surface area contributed by atoms with E-state index in [0.717, 1.165) is 38.8 Å². The van der Waals surface area contributed by atoms with E-state index in [0.29, 0.717) is 17.8 Å². The third-order valence-electron chi connectivity index (χ3n) is 4.10. The van der Waals surface area contributed by atoms with Gasteiger partial charge in [-0.1, -0.05) is 26.2 Å². The van der Waals surface area contributed by atoms with Crippen molar-refractivity contribution in [2.24, 2.45) is 0 Å². The first-order valence-corrected chi connectivity index (χ1v) is 8.65. The number of rotatable bonds is 7. The summed E-state index contributed by atoms with van der Waals surface area (Å²) < 4.78 is 0. The maximum Gasteiger partial charge on any atom is 0.319 e. The number of hydrogen-bond donors (Lipinski definition) is 2. The highest BCUT2D eigenvalue weighted by molar-refractivity contribution is 5.95. The summed E-state index contributed by atoms with van der Waals surface area (Å²) in [5, 5.41) is 5.64. The Morgan fingerprint density at radius 2 is 1.74 bits per heavy atom. The fourth-order valence-corrected chi connectivity index (χ4v) is 2.73. The normalized spacial score (nSPS) is 13.9. The summed E-state index contributed by atoms with van der Waals surface area (Å²) in [6.45, 7) is 4.55. The smallest absolute Gasteiger partial charge is 0.319 e. The van der Waals surface area contributed by atoms with E-state index in [9.17, 15) is 9.59 Å². The van der Waals surface area contributed by atoms with Crippen LogP contribution >= 0.6 is 0 Å². The summed E-state index contributed by atoms with van der Waals surface area (Å²) in [4.78, 5) is 25.9. The molecule has 1 aromatic rings. The van der Waals surface area contributed by atoms with Crippen molar-refractivity contribution in [2.75, 3.05) is 25.0 Å². The lowest BCUT2D eigenvalue weighted by molar-refractivity contribution is 0.0793. The van der Waals surface area contributed by atoms with Crippen molar-refractivity contribution in [1.82, 2.24) is 10.2 Å². The Morgan fingerprint density at radius 3 is 2.39 bits per heavy atom. The number of carbonyl (C=O) groups excluding carboxylic acids is 2. The number of carbonyl (C=O) groups is 2. The quantitative estimate of drug-likeness (QED) is 0.754. The Bertz CT molecular complexity index is 508. The van der Waals surface area contributed by atoms with E-state index in [2.05, 4.69) is 17.6 Å². The SMILES string of the molecule is CCCCCCNC(=O)Nc1ccc(C(=O)N2CCCC2)cc1. The van der Waals surface area contributed by atoms with Gasteiger partial charge in [0.2, 0.25) is 0 Å². The van der Waals surface area contributed by atoms with Gasteiger partial charge in [-0.25, -0.2) is 4.79 Å². The van der Waals surface area contributed by atoms with Crippen LogP contribution < -0.4 is 10.6 Å². The lowest BCUT2D eigenvalue weighted by Gasteiger charge is -2.15. The Balaban J connectivity index is 1.75. The summed E-state index contributed by atoms with van der Waals surface area (Å²) in [5.41, 5.74) is 1.38. The van der Waals surface area contributed by atoms with Crippen molar-refractivity contribution >= 4 is 17.6 Å². The van der Waals surface area contributed by atoms with Crippen molar-refractivity contribution in [3.8, 4) is 0 Å². The first-order chi connectivity index (χ1) is 11.2. The van der Waals surface area contributed by atoms with Crippen molar-refractivity contribution in [2.45, 2.75) is 45.4 Å². The number of nitrogens with zero attached hydrogens (tertiary/aromatic N) is 1. The van der Waals surface area contributed by atoms with E-state index in [1.54, 1.807) is 24.3 Å². The molecule has 5 nitrogen and oxygen atoms in total. The van der Waals surface area contributed by atoms with Gasteiger partial charge in [-0.3, -0.25) is 4.79 Å². The van der Waals surface area contributed by atoms with Crippen LogP contribution in [0, 0.1) is 0 Å². The average Bonchev–Trinajstić information content (AvgIpc) is 3.09. The molecule has 3 amide bonds. The van der Waals surface area contributed by atoms with E-state index in [1.165, 1.54) is 12.8 Å². The molecular weight excluding hydrogens is 290 g/mol. The minimum Gasteiger partial charge on any atom is -0.339 e. The van der Waals surface area contributed by atoms with Crippen LogP contribution in [0.1, 0.15) is 55.8 Å². The predicted octanol–water partition coefficient (Wildman–Crippen LogP) is 3.62. The second-order valence-electron chi connectivity index (χ2n) is 6.02. The molecule has 0 atom stereocenters. The molecule has 0 saturated carbocycles. The number of urea groups is 1. The lowest BCUT2D eigenvalue weighted by Crippen LogP contribution is -2.29. The van der Waals surface area contributed by atoms with Crippen molar-refractivity contribution in [1.29, 1.82) is 0 Å². The van der Waals surface area contributed by atoms with Crippen molar-refractivity contribution in [3.63, 3.8) is 0 Å². The molecular formula is C18H27N3O2. The van der Waals surface area contributed by atoms with Crippen LogP contribution in [0.5, 0.6) is 0 Å². The summed E-state index contributed by atoms with van der Waals surface area (Å²) in [6.07, 6.45) is 6.72. The number of benzene rings is 1. The highest BCUT2D eigenvalue weighted by Gasteiger charge is 2.19. The molecule has 1 aliphatic rings. The summed E-state index contributed by atoms with van der Waals surface area (Å²) >= 11 is 0. The van der Waals surface area contributed by atoms with Crippen molar-refractivity contribution < 1.29 is 9.59 Å².